The highest BCUT2D eigenvalue weighted by molar-refractivity contribution is 7.98. The highest BCUT2D eigenvalue weighted by Crippen LogP contribution is 2.46. The van der Waals surface area contributed by atoms with Crippen LogP contribution in [-0.4, -0.2) is 41.6 Å². The smallest absolute Gasteiger partial charge is 0.247 e. The van der Waals surface area contributed by atoms with Gasteiger partial charge in [-0.05, 0) is 49.1 Å². The van der Waals surface area contributed by atoms with Gasteiger partial charge >= 0.3 is 0 Å². The normalized spacial score (nSPS) is 14.6. The van der Waals surface area contributed by atoms with E-state index in [1.165, 1.54) is 11.8 Å². The lowest BCUT2D eigenvalue weighted by molar-refractivity contribution is -0.120. The third-order valence-electron chi connectivity index (χ3n) is 5.18. The van der Waals surface area contributed by atoms with Crippen molar-refractivity contribution in [3.8, 4) is 28.6 Å². The first-order valence-corrected chi connectivity index (χ1v) is 11.9. The monoisotopic (exact) mass is 486 g/mol. The van der Waals surface area contributed by atoms with Crippen LogP contribution < -0.4 is 19.1 Å². The molecule has 1 aromatic heterocycles. The summed E-state index contributed by atoms with van der Waals surface area (Å²) in [5, 5.41) is 9.48. The van der Waals surface area contributed by atoms with Gasteiger partial charge in [0.1, 0.15) is 11.5 Å². The summed E-state index contributed by atoms with van der Waals surface area (Å²) in [7, 11) is 3.14. The van der Waals surface area contributed by atoms with E-state index in [-0.39, 0.29) is 11.8 Å². The third-order valence-corrected chi connectivity index (χ3v) is 5.96. The van der Waals surface area contributed by atoms with Crippen LogP contribution in [0.2, 0.25) is 5.02 Å². The molecule has 0 bridgehead atoms. The molecule has 8 nitrogen and oxygen atoms in total. The van der Waals surface area contributed by atoms with E-state index >= 15 is 0 Å². The third kappa shape index (κ3) is 4.43. The first kappa shape index (κ1) is 23.1. The number of rotatable bonds is 6. The largest absolute Gasteiger partial charge is 0.497 e. The summed E-state index contributed by atoms with van der Waals surface area (Å²) >= 11 is 7.67. The van der Waals surface area contributed by atoms with Crippen molar-refractivity contribution in [3.05, 3.63) is 47.0 Å². The highest BCUT2D eigenvalue weighted by atomic mass is 35.5. The van der Waals surface area contributed by atoms with Gasteiger partial charge in [-0.25, -0.2) is 0 Å². The van der Waals surface area contributed by atoms with Gasteiger partial charge in [-0.15, -0.1) is 10.2 Å². The lowest BCUT2D eigenvalue weighted by Gasteiger charge is -2.31. The number of ether oxygens (including phenoxy) is 3. The van der Waals surface area contributed by atoms with Crippen molar-refractivity contribution in [2.45, 2.75) is 31.1 Å². The summed E-state index contributed by atoms with van der Waals surface area (Å²) in [5.41, 5.74) is 2.22. The molecule has 3 aromatic rings. The first-order chi connectivity index (χ1) is 16.0. The van der Waals surface area contributed by atoms with Crippen LogP contribution in [0, 0.1) is 0 Å². The number of benzene rings is 2. The maximum atomic E-state index is 13.5. The van der Waals surface area contributed by atoms with Crippen molar-refractivity contribution in [2.75, 3.05) is 25.4 Å². The SMILES string of the molecule is CCCC(=O)N1c2ccc(Cl)cc2-c2nnc(SC)nc2O[C@H]1c1cc(OC)ccc1OC. The van der Waals surface area contributed by atoms with Crippen molar-refractivity contribution < 1.29 is 19.0 Å². The molecule has 0 unspecified atom stereocenters. The van der Waals surface area contributed by atoms with Crippen LogP contribution in [0.15, 0.2) is 41.6 Å². The Morgan fingerprint density at radius 2 is 2.00 bits per heavy atom. The summed E-state index contributed by atoms with van der Waals surface area (Å²) < 4.78 is 17.5. The molecule has 0 saturated heterocycles. The molecule has 10 heteroatoms. The number of carbonyl (C=O) groups excluding carboxylic acids is 1. The molecular formula is C23H23ClN4O4S. The van der Waals surface area contributed by atoms with Crippen LogP contribution in [0.1, 0.15) is 31.6 Å². The predicted octanol–water partition coefficient (Wildman–Crippen LogP) is 5.16. The lowest BCUT2D eigenvalue weighted by atomic mass is 10.1. The second-order valence-corrected chi connectivity index (χ2v) is 8.42. The number of hydrogen-bond acceptors (Lipinski definition) is 8. The number of nitrogens with zero attached hydrogens (tertiary/aromatic N) is 4. The molecule has 4 rings (SSSR count). The molecule has 1 atom stereocenters. The fraction of sp³-hybridized carbons (Fsp3) is 0.304. The minimum Gasteiger partial charge on any atom is -0.497 e. The molecule has 0 N–H and O–H groups in total. The van der Waals surface area contributed by atoms with E-state index in [0.717, 1.165) is 0 Å². The number of thioether (sulfide) groups is 1. The minimum absolute atomic E-state index is 0.123. The summed E-state index contributed by atoms with van der Waals surface area (Å²) in [6.07, 6.45) is 1.95. The van der Waals surface area contributed by atoms with Crippen LogP contribution in [0.25, 0.3) is 11.3 Å². The second kappa shape index (κ2) is 9.84. The van der Waals surface area contributed by atoms with E-state index in [2.05, 4.69) is 15.2 Å². The summed E-state index contributed by atoms with van der Waals surface area (Å²) in [5.74, 6) is 1.27. The zero-order valence-electron chi connectivity index (χ0n) is 18.7. The maximum absolute atomic E-state index is 13.5. The van der Waals surface area contributed by atoms with Crippen LogP contribution in [0.5, 0.6) is 17.4 Å². The molecule has 172 valence electrons. The average molecular weight is 487 g/mol. The minimum atomic E-state index is -0.887. The number of fused-ring (bicyclic) bond motifs is 3. The second-order valence-electron chi connectivity index (χ2n) is 7.21. The van der Waals surface area contributed by atoms with Gasteiger partial charge in [-0.1, -0.05) is 30.3 Å². The van der Waals surface area contributed by atoms with Gasteiger partial charge in [0.2, 0.25) is 23.2 Å². The molecule has 33 heavy (non-hydrogen) atoms. The van der Waals surface area contributed by atoms with Gasteiger partial charge in [-0.3, -0.25) is 9.69 Å². The number of anilines is 1. The van der Waals surface area contributed by atoms with Gasteiger partial charge in [0.15, 0.2) is 5.69 Å². The van der Waals surface area contributed by atoms with Gasteiger partial charge in [0, 0.05) is 17.0 Å². The first-order valence-electron chi connectivity index (χ1n) is 10.3. The van der Waals surface area contributed by atoms with Gasteiger partial charge in [-0.2, -0.15) is 4.98 Å². The van der Waals surface area contributed by atoms with Crippen molar-refractivity contribution in [1.29, 1.82) is 0 Å². The molecule has 0 saturated carbocycles. The Balaban J connectivity index is 2.02. The summed E-state index contributed by atoms with van der Waals surface area (Å²) in [4.78, 5) is 19.6. The lowest BCUT2D eigenvalue weighted by Crippen LogP contribution is -2.37. The quantitative estimate of drug-likeness (QED) is 0.442. The number of amides is 1. The van der Waals surface area contributed by atoms with E-state index in [0.29, 0.717) is 57.0 Å². The number of aromatic nitrogens is 3. The topological polar surface area (TPSA) is 86.7 Å². The van der Waals surface area contributed by atoms with Gasteiger partial charge < -0.3 is 14.2 Å². The Bertz CT molecular complexity index is 1190. The maximum Gasteiger partial charge on any atom is 0.247 e. The van der Waals surface area contributed by atoms with E-state index in [1.54, 1.807) is 55.5 Å². The fourth-order valence-corrected chi connectivity index (χ4v) is 4.13. The highest BCUT2D eigenvalue weighted by Gasteiger charge is 2.37. The zero-order valence-corrected chi connectivity index (χ0v) is 20.2. The Hall–Kier alpha value is -3.04. The number of methoxy groups -OCH3 is 2. The zero-order chi connectivity index (χ0) is 23.5. The van der Waals surface area contributed by atoms with Crippen LogP contribution in [-0.2, 0) is 4.79 Å². The molecule has 1 aliphatic heterocycles. The van der Waals surface area contributed by atoms with Crippen molar-refractivity contribution >= 4 is 35.0 Å². The standard InChI is InChI=1S/C23H23ClN4O4S/c1-5-6-19(29)28-17-9-7-13(24)11-15(17)20-21(25-23(33-4)27-26-20)32-22(28)16-12-14(30-2)8-10-18(16)31-3/h7-12,22H,5-6H2,1-4H3/t22-/m0/s1. The van der Waals surface area contributed by atoms with E-state index in [1.807, 2.05) is 13.2 Å². The Morgan fingerprint density at radius 3 is 2.70 bits per heavy atom. The number of halogens is 1. The van der Waals surface area contributed by atoms with E-state index in [4.69, 9.17) is 25.8 Å². The van der Waals surface area contributed by atoms with Gasteiger partial charge in [0.25, 0.3) is 0 Å². The molecule has 1 amide bonds. The van der Waals surface area contributed by atoms with Crippen molar-refractivity contribution in [2.24, 2.45) is 0 Å². The molecule has 0 aliphatic carbocycles. The molecule has 0 spiro atoms. The number of carbonyl (C=O) groups is 1. The van der Waals surface area contributed by atoms with Crippen molar-refractivity contribution in [3.63, 3.8) is 0 Å². The average Bonchev–Trinajstić information content (AvgIpc) is 2.97. The fourth-order valence-electron chi connectivity index (χ4n) is 3.66. The van der Waals surface area contributed by atoms with Crippen LogP contribution in [0.3, 0.4) is 0 Å². The molecule has 2 heterocycles. The molecule has 0 fully saturated rings. The Morgan fingerprint density at radius 1 is 1.18 bits per heavy atom. The summed E-state index contributed by atoms with van der Waals surface area (Å²) in [6, 6.07) is 10.6. The molecule has 0 radical (unpaired) electrons. The molecular weight excluding hydrogens is 464 g/mol. The van der Waals surface area contributed by atoms with Crippen LogP contribution in [0.4, 0.5) is 5.69 Å². The Labute approximate surface area is 201 Å². The van der Waals surface area contributed by atoms with E-state index < -0.39 is 6.23 Å². The van der Waals surface area contributed by atoms with Gasteiger partial charge in [0.05, 0.1) is 25.5 Å². The number of hydrogen-bond donors (Lipinski definition) is 0. The summed E-state index contributed by atoms with van der Waals surface area (Å²) in [6.45, 7) is 1.95. The van der Waals surface area contributed by atoms with Crippen LogP contribution >= 0.6 is 23.4 Å². The molecule has 2 aromatic carbocycles. The Kier molecular flexibility index (Phi) is 6.90. The van der Waals surface area contributed by atoms with E-state index in [9.17, 15) is 4.79 Å². The molecule has 1 aliphatic rings. The van der Waals surface area contributed by atoms with Crippen molar-refractivity contribution in [1.82, 2.24) is 15.2 Å². The predicted molar refractivity (Wildman–Crippen MR) is 127 cm³/mol.